The zero-order chi connectivity index (χ0) is 17.8. The lowest BCUT2D eigenvalue weighted by atomic mass is 10.1. The number of hydrogen-bond donors (Lipinski definition) is 1. The highest BCUT2D eigenvalue weighted by atomic mass is 16.5. The summed E-state index contributed by atoms with van der Waals surface area (Å²) >= 11 is 0. The zero-order valence-electron chi connectivity index (χ0n) is 14.1. The average Bonchev–Trinajstić information content (AvgIpc) is 3.08. The molecule has 0 atom stereocenters. The first-order valence-electron chi connectivity index (χ1n) is 7.55. The van der Waals surface area contributed by atoms with E-state index in [1.807, 2.05) is 6.07 Å². The molecule has 7 heteroatoms. The molecule has 0 bridgehead atoms. The van der Waals surface area contributed by atoms with E-state index in [0.717, 1.165) is 0 Å². The molecule has 25 heavy (non-hydrogen) atoms. The minimum Gasteiger partial charge on any atom is -0.497 e. The average molecular weight is 339 g/mol. The largest absolute Gasteiger partial charge is 0.497 e. The SMILES string of the molecule is COc1ccc(NC(=O)c2cccc(-c3noc(C)n3)c2)c(OC)c1. The molecule has 1 aromatic heterocycles. The van der Waals surface area contributed by atoms with Crippen LogP contribution < -0.4 is 14.8 Å². The van der Waals surface area contributed by atoms with Crippen LogP contribution in [0.2, 0.25) is 0 Å². The number of carbonyl (C=O) groups excluding carboxylic acids is 1. The summed E-state index contributed by atoms with van der Waals surface area (Å²) in [6, 6.07) is 12.2. The second-order valence-corrected chi connectivity index (χ2v) is 5.24. The molecule has 2 aromatic carbocycles. The van der Waals surface area contributed by atoms with E-state index in [1.165, 1.54) is 7.11 Å². The first kappa shape index (κ1) is 16.5. The number of nitrogens with zero attached hydrogens (tertiary/aromatic N) is 2. The van der Waals surface area contributed by atoms with Gasteiger partial charge in [-0.3, -0.25) is 4.79 Å². The fraction of sp³-hybridized carbons (Fsp3) is 0.167. The Morgan fingerprint density at radius 1 is 1.12 bits per heavy atom. The van der Waals surface area contributed by atoms with Crippen molar-refractivity contribution in [2.75, 3.05) is 19.5 Å². The Kier molecular flexibility index (Phi) is 4.65. The molecule has 0 saturated carbocycles. The third kappa shape index (κ3) is 3.60. The highest BCUT2D eigenvalue weighted by molar-refractivity contribution is 6.05. The minimum absolute atomic E-state index is 0.273. The molecule has 0 aliphatic heterocycles. The number of ether oxygens (including phenoxy) is 2. The predicted molar refractivity (Wildman–Crippen MR) is 92.0 cm³/mol. The number of rotatable bonds is 5. The van der Waals surface area contributed by atoms with Crippen molar-refractivity contribution in [1.29, 1.82) is 0 Å². The predicted octanol–water partition coefficient (Wildman–Crippen LogP) is 3.31. The van der Waals surface area contributed by atoms with Crippen LogP contribution in [-0.2, 0) is 0 Å². The third-order valence-corrected chi connectivity index (χ3v) is 3.57. The van der Waals surface area contributed by atoms with Crippen LogP contribution in [0.25, 0.3) is 11.4 Å². The second-order valence-electron chi connectivity index (χ2n) is 5.24. The Bertz CT molecular complexity index is 905. The second kappa shape index (κ2) is 7.04. The maximum absolute atomic E-state index is 12.6. The van der Waals surface area contributed by atoms with Crippen molar-refractivity contribution in [2.45, 2.75) is 6.92 Å². The molecule has 1 N–H and O–H groups in total. The summed E-state index contributed by atoms with van der Waals surface area (Å²) in [5.74, 6) is 1.79. The van der Waals surface area contributed by atoms with Crippen LogP contribution in [0.3, 0.4) is 0 Å². The van der Waals surface area contributed by atoms with Gasteiger partial charge in [-0.25, -0.2) is 0 Å². The number of anilines is 1. The molecule has 0 aliphatic carbocycles. The highest BCUT2D eigenvalue weighted by Crippen LogP contribution is 2.29. The number of carbonyl (C=O) groups is 1. The van der Waals surface area contributed by atoms with Crippen LogP contribution in [0.4, 0.5) is 5.69 Å². The topological polar surface area (TPSA) is 86.5 Å². The lowest BCUT2D eigenvalue weighted by molar-refractivity contribution is 0.102. The van der Waals surface area contributed by atoms with E-state index in [4.69, 9.17) is 14.0 Å². The molecular formula is C18H17N3O4. The molecule has 3 aromatic rings. The van der Waals surface area contributed by atoms with Gasteiger partial charge in [-0.2, -0.15) is 4.98 Å². The fourth-order valence-corrected chi connectivity index (χ4v) is 2.31. The van der Waals surface area contributed by atoms with E-state index in [1.54, 1.807) is 50.4 Å². The number of aromatic nitrogens is 2. The number of hydrogen-bond acceptors (Lipinski definition) is 6. The van der Waals surface area contributed by atoms with Crippen LogP contribution in [0.5, 0.6) is 11.5 Å². The molecule has 1 amide bonds. The van der Waals surface area contributed by atoms with E-state index < -0.39 is 0 Å². The van der Waals surface area contributed by atoms with Crippen molar-refractivity contribution < 1.29 is 18.8 Å². The van der Waals surface area contributed by atoms with Gasteiger partial charge in [0.15, 0.2) is 0 Å². The fourth-order valence-electron chi connectivity index (χ4n) is 2.31. The Balaban J connectivity index is 1.84. The van der Waals surface area contributed by atoms with Gasteiger partial charge >= 0.3 is 0 Å². The molecule has 0 saturated heterocycles. The Morgan fingerprint density at radius 3 is 2.64 bits per heavy atom. The lowest BCUT2D eigenvalue weighted by Crippen LogP contribution is -2.12. The maximum Gasteiger partial charge on any atom is 0.255 e. The molecule has 0 fully saturated rings. The molecule has 0 unspecified atom stereocenters. The maximum atomic E-state index is 12.6. The van der Waals surface area contributed by atoms with Gasteiger partial charge in [0.2, 0.25) is 11.7 Å². The normalized spacial score (nSPS) is 10.4. The van der Waals surface area contributed by atoms with Gasteiger partial charge in [0.25, 0.3) is 5.91 Å². The third-order valence-electron chi connectivity index (χ3n) is 3.57. The first-order chi connectivity index (χ1) is 12.1. The minimum atomic E-state index is -0.273. The van der Waals surface area contributed by atoms with Crippen molar-refractivity contribution in [3.05, 3.63) is 53.9 Å². The first-order valence-corrected chi connectivity index (χ1v) is 7.55. The summed E-state index contributed by atoms with van der Waals surface area (Å²) in [7, 11) is 3.10. The summed E-state index contributed by atoms with van der Waals surface area (Å²) in [6.07, 6.45) is 0. The molecule has 0 spiro atoms. The summed E-state index contributed by atoms with van der Waals surface area (Å²) in [5, 5.41) is 6.69. The van der Waals surface area contributed by atoms with Gasteiger partial charge < -0.3 is 19.3 Å². The van der Waals surface area contributed by atoms with E-state index >= 15 is 0 Å². The standard InChI is InChI=1S/C18H17N3O4/c1-11-19-17(21-25-11)12-5-4-6-13(9-12)18(22)20-15-8-7-14(23-2)10-16(15)24-3/h4-10H,1-3H3,(H,20,22). The molecule has 7 nitrogen and oxygen atoms in total. The van der Waals surface area contributed by atoms with Gasteiger partial charge in [-0.05, 0) is 24.3 Å². The summed E-state index contributed by atoms with van der Waals surface area (Å²) in [5.41, 5.74) is 1.72. The number of amides is 1. The van der Waals surface area contributed by atoms with Gasteiger partial charge in [-0.15, -0.1) is 0 Å². The molecule has 1 heterocycles. The zero-order valence-corrected chi connectivity index (χ0v) is 14.1. The van der Waals surface area contributed by atoms with Crippen LogP contribution in [-0.4, -0.2) is 30.3 Å². The number of aryl methyl sites for hydroxylation is 1. The Hall–Kier alpha value is -3.35. The summed E-state index contributed by atoms with van der Waals surface area (Å²) < 4.78 is 15.4. The smallest absolute Gasteiger partial charge is 0.255 e. The number of methoxy groups -OCH3 is 2. The quantitative estimate of drug-likeness (QED) is 0.767. The Morgan fingerprint density at radius 2 is 1.96 bits per heavy atom. The van der Waals surface area contributed by atoms with Crippen LogP contribution in [0.1, 0.15) is 16.2 Å². The van der Waals surface area contributed by atoms with Gasteiger partial charge in [0.05, 0.1) is 19.9 Å². The van der Waals surface area contributed by atoms with Crippen LogP contribution in [0.15, 0.2) is 47.0 Å². The molecular weight excluding hydrogens is 322 g/mol. The summed E-state index contributed by atoms with van der Waals surface area (Å²) in [4.78, 5) is 16.7. The van der Waals surface area contributed by atoms with E-state index in [0.29, 0.717) is 40.0 Å². The lowest BCUT2D eigenvalue weighted by Gasteiger charge is -2.12. The van der Waals surface area contributed by atoms with Gasteiger partial charge in [0.1, 0.15) is 11.5 Å². The number of benzene rings is 2. The highest BCUT2D eigenvalue weighted by Gasteiger charge is 2.13. The number of nitrogens with one attached hydrogen (secondary N) is 1. The van der Waals surface area contributed by atoms with Crippen molar-refractivity contribution >= 4 is 11.6 Å². The Labute approximate surface area is 144 Å². The van der Waals surface area contributed by atoms with Crippen molar-refractivity contribution in [2.24, 2.45) is 0 Å². The van der Waals surface area contributed by atoms with Crippen molar-refractivity contribution in [3.8, 4) is 22.9 Å². The monoisotopic (exact) mass is 339 g/mol. The van der Waals surface area contributed by atoms with Gasteiger partial charge in [0, 0.05) is 24.1 Å². The molecule has 128 valence electrons. The molecule has 0 radical (unpaired) electrons. The van der Waals surface area contributed by atoms with Crippen molar-refractivity contribution in [3.63, 3.8) is 0 Å². The van der Waals surface area contributed by atoms with Crippen LogP contribution in [0, 0.1) is 6.92 Å². The van der Waals surface area contributed by atoms with Crippen molar-refractivity contribution in [1.82, 2.24) is 10.1 Å². The molecule has 0 aliphatic rings. The molecule has 3 rings (SSSR count). The van der Waals surface area contributed by atoms with Gasteiger partial charge in [-0.1, -0.05) is 17.3 Å². The van der Waals surface area contributed by atoms with E-state index in [-0.39, 0.29) is 5.91 Å². The van der Waals surface area contributed by atoms with E-state index in [2.05, 4.69) is 15.5 Å². The summed E-state index contributed by atoms with van der Waals surface area (Å²) in [6.45, 7) is 1.71. The van der Waals surface area contributed by atoms with Crippen LogP contribution >= 0.6 is 0 Å². The van der Waals surface area contributed by atoms with E-state index in [9.17, 15) is 4.79 Å².